The molecule has 0 radical (unpaired) electrons. The van der Waals surface area contributed by atoms with Crippen LogP contribution in [0.25, 0.3) is 0 Å². The van der Waals surface area contributed by atoms with E-state index in [4.69, 9.17) is 0 Å². The lowest BCUT2D eigenvalue weighted by molar-refractivity contribution is -0.141. The van der Waals surface area contributed by atoms with Crippen LogP contribution in [0.3, 0.4) is 0 Å². The van der Waals surface area contributed by atoms with Crippen LogP contribution in [0.15, 0.2) is 24.5 Å². The van der Waals surface area contributed by atoms with Gasteiger partial charge in [-0.3, -0.25) is 14.6 Å². The zero-order valence-corrected chi connectivity index (χ0v) is 17.8. The average molecular weight is 421 g/mol. The minimum atomic E-state index is -3.39. The molecule has 1 atom stereocenters. The molecule has 29 heavy (non-hydrogen) atoms. The molecule has 4 rings (SSSR count). The number of amides is 2. The minimum absolute atomic E-state index is 0.0396. The molecule has 1 aromatic rings. The van der Waals surface area contributed by atoms with Gasteiger partial charge in [-0.25, -0.2) is 12.7 Å². The molecule has 0 unspecified atom stereocenters. The molecule has 8 nitrogen and oxygen atoms in total. The van der Waals surface area contributed by atoms with Gasteiger partial charge in [0.1, 0.15) is 0 Å². The maximum absolute atomic E-state index is 13.4. The molecule has 0 N–H and O–H groups in total. The van der Waals surface area contributed by atoms with Crippen LogP contribution in [0.5, 0.6) is 0 Å². The molecular formula is C20H28N4O4S. The summed E-state index contributed by atoms with van der Waals surface area (Å²) in [6.07, 6.45) is 6.39. The third-order valence-corrected chi connectivity index (χ3v) is 8.43. The summed E-state index contributed by atoms with van der Waals surface area (Å²) in [7, 11) is -3.39. The standard InChI is InChI=1S/C20H28N4O4S/c1-3-22-13-8-20(18(22)26)15-24(29(2,27)28)14-19(20)6-11-23(12-7-19)17(25)16-4-9-21-10-5-16/h4-5,9-10H,3,6-8,11-15H2,1-2H3/t20-/m1/s1. The molecule has 0 aliphatic carbocycles. The van der Waals surface area contributed by atoms with Gasteiger partial charge in [-0.2, -0.15) is 0 Å². The second-order valence-electron chi connectivity index (χ2n) is 8.56. The van der Waals surface area contributed by atoms with E-state index in [1.165, 1.54) is 10.6 Å². The number of hydrogen-bond donors (Lipinski definition) is 0. The van der Waals surface area contributed by atoms with Crippen molar-refractivity contribution < 1.29 is 18.0 Å². The lowest BCUT2D eigenvalue weighted by Crippen LogP contribution is -2.53. The molecule has 2 spiro atoms. The number of sulfonamides is 1. The highest BCUT2D eigenvalue weighted by Gasteiger charge is 2.66. The van der Waals surface area contributed by atoms with Gasteiger partial charge in [0, 0.05) is 62.6 Å². The zero-order chi connectivity index (χ0) is 20.9. The monoisotopic (exact) mass is 420 g/mol. The van der Waals surface area contributed by atoms with Crippen molar-refractivity contribution in [3.63, 3.8) is 0 Å². The Kier molecular flexibility index (Phi) is 4.93. The van der Waals surface area contributed by atoms with Crippen LogP contribution in [0.1, 0.15) is 36.5 Å². The maximum Gasteiger partial charge on any atom is 0.253 e. The van der Waals surface area contributed by atoms with E-state index in [-0.39, 0.29) is 18.4 Å². The van der Waals surface area contributed by atoms with Crippen molar-refractivity contribution in [1.29, 1.82) is 0 Å². The van der Waals surface area contributed by atoms with Gasteiger partial charge >= 0.3 is 0 Å². The van der Waals surface area contributed by atoms with Crippen LogP contribution in [0.4, 0.5) is 0 Å². The predicted molar refractivity (Wildman–Crippen MR) is 108 cm³/mol. The normalized spacial score (nSPS) is 27.3. The summed E-state index contributed by atoms with van der Waals surface area (Å²) < 4.78 is 26.2. The summed E-state index contributed by atoms with van der Waals surface area (Å²) in [6.45, 7) is 4.96. The largest absolute Gasteiger partial charge is 0.342 e. The van der Waals surface area contributed by atoms with E-state index < -0.39 is 20.9 Å². The van der Waals surface area contributed by atoms with Gasteiger partial charge in [0.25, 0.3) is 5.91 Å². The van der Waals surface area contributed by atoms with Gasteiger partial charge in [0.2, 0.25) is 15.9 Å². The summed E-state index contributed by atoms with van der Waals surface area (Å²) in [5.74, 6) is 0.0438. The molecular weight excluding hydrogens is 392 g/mol. The van der Waals surface area contributed by atoms with Gasteiger partial charge in [-0.05, 0) is 38.3 Å². The summed E-state index contributed by atoms with van der Waals surface area (Å²) >= 11 is 0. The van der Waals surface area contributed by atoms with Gasteiger partial charge < -0.3 is 9.80 Å². The molecule has 3 saturated heterocycles. The van der Waals surface area contributed by atoms with E-state index in [0.717, 1.165) is 0 Å². The Hall–Kier alpha value is -2.00. The molecule has 1 aromatic heterocycles. The maximum atomic E-state index is 13.4. The summed E-state index contributed by atoms with van der Waals surface area (Å²) in [5, 5.41) is 0. The third kappa shape index (κ3) is 3.15. The van der Waals surface area contributed by atoms with Crippen molar-refractivity contribution in [3.8, 4) is 0 Å². The first kappa shape index (κ1) is 20.3. The number of carbonyl (C=O) groups excluding carboxylic acids is 2. The van der Waals surface area contributed by atoms with E-state index in [2.05, 4.69) is 4.98 Å². The number of nitrogens with zero attached hydrogens (tertiary/aromatic N) is 4. The van der Waals surface area contributed by atoms with Gasteiger partial charge in [0.15, 0.2) is 0 Å². The average Bonchev–Trinajstić information content (AvgIpc) is 3.21. The Balaban J connectivity index is 1.60. The quantitative estimate of drug-likeness (QED) is 0.722. The highest BCUT2D eigenvalue weighted by molar-refractivity contribution is 7.88. The predicted octanol–water partition coefficient (Wildman–Crippen LogP) is 0.818. The minimum Gasteiger partial charge on any atom is -0.342 e. The van der Waals surface area contributed by atoms with Crippen molar-refractivity contribution in [2.75, 3.05) is 45.5 Å². The van der Waals surface area contributed by atoms with Crippen LogP contribution in [-0.4, -0.2) is 84.8 Å². The zero-order valence-electron chi connectivity index (χ0n) is 17.0. The van der Waals surface area contributed by atoms with Crippen molar-refractivity contribution in [2.24, 2.45) is 10.8 Å². The van der Waals surface area contributed by atoms with Crippen LogP contribution < -0.4 is 0 Å². The molecule has 2 amide bonds. The Bertz CT molecular complexity index is 912. The lowest BCUT2D eigenvalue weighted by Gasteiger charge is -2.47. The van der Waals surface area contributed by atoms with Crippen LogP contribution in [0, 0.1) is 10.8 Å². The fourth-order valence-electron chi connectivity index (χ4n) is 5.48. The Morgan fingerprint density at radius 2 is 1.76 bits per heavy atom. The number of hydrogen-bond acceptors (Lipinski definition) is 5. The molecule has 0 aromatic carbocycles. The number of aromatic nitrogens is 1. The second kappa shape index (κ2) is 7.05. The van der Waals surface area contributed by atoms with Crippen molar-refractivity contribution in [3.05, 3.63) is 30.1 Å². The number of carbonyl (C=O) groups is 2. The fraction of sp³-hybridized carbons (Fsp3) is 0.650. The molecule has 3 fully saturated rings. The molecule has 4 heterocycles. The van der Waals surface area contributed by atoms with E-state index >= 15 is 0 Å². The third-order valence-electron chi connectivity index (χ3n) is 7.23. The number of rotatable bonds is 3. The first-order chi connectivity index (χ1) is 13.7. The molecule has 3 aliphatic heterocycles. The highest BCUT2D eigenvalue weighted by Crippen LogP contribution is 2.58. The molecule has 0 bridgehead atoms. The lowest BCUT2D eigenvalue weighted by atomic mass is 9.60. The molecule has 9 heteroatoms. The fourth-order valence-corrected chi connectivity index (χ4v) is 6.41. The molecule has 158 valence electrons. The first-order valence-electron chi connectivity index (χ1n) is 10.2. The Morgan fingerprint density at radius 3 is 2.31 bits per heavy atom. The van der Waals surface area contributed by atoms with Gasteiger partial charge in [-0.15, -0.1) is 0 Å². The van der Waals surface area contributed by atoms with E-state index in [0.29, 0.717) is 57.5 Å². The summed E-state index contributed by atoms with van der Waals surface area (Å²) in [6, 6.07) is 3.41. The van der Waals surface area contributed by atoms with Crippen molar-refractivity contribution in [1.82, 2.24) is 19.1 Å². The number of pyridine rings is 1. The number of likely N-dealkylation sites (tertiary alicyclic amines) is 2. The molecule has 0 saturated carbocycles. The van der Waals surface area contributed by atoms with E-state index in [9.17, 15) is 18.0 Å². The van der Waals surface area contributed by atoms with E-state index in [1.807, 2.05) is 16.7 Å². The molecule has 3 aliphatic rings. The van der Waals surface area contributed by atoms with Gasteiger partial charge in [0.05, 0.1) is 11.7 Å². The van der Waals surface area contributed by atoms with Gasteiger partial charge in [-0.1, -0.05) is 0 Å². The van der Waals surface area contributed by atoms with E-state index in [1.54, 1.807) is 24.5 Å². The summed E-state index contributed by atoms with van der Waals surface area (Å²) in [5.41, 5.74) is -0.478. The van der Waals surface area contributed by atoms with Crippen LogP contribution in [-0.2, 0) is 14.8 Å². The topological polar surface area (TPSA) is 90.9 Å². The number of fused-ring (bicyclic) bond motifs is 1. The SMILES string of the molecule is CCN1CC[C@@]2(CN(S(C)(=O)=O)CC23CCN(C(=O)c2ccncc2)CC3)C1=O. The van der Waals surface area contributed by atoms with Crippen molar-refractivity contribution >= 4 is 21.8 Å². The number of piperidine rings is 1. The Morgan fingerprint density at radius 1 is 1.10 bits per heavy atom. The first-order valence-corrected chi connectivity index (χ1v) is 12.0. The second-order valence-corrected chi connectivity index (χ2v) is 10.5. The van der Waals surface area contributed by atoms with Crippen LogP contribution in [0.2, 0.25) is 0 Å². The smallest absolute Gasteiger partial charge is 0.253 e. The van der Waals surface area contributed by atoms with Crippen molar-refractivity contribution in [2.45, 2.75) is 26.2 Å². The highest BCUT2D eigenvalue weighted by atomic mass is 32.2. The Labute approximate surface area is 171 Å². The summed E-state index contributed by atoms with van der Waals surface area (Å²) in [4.78, 5) is 33.8. The van der Waals surface area contributed by atoms with Crippen LogP contribution >= 0.6 is 0 Å².